The topological polar surface area (TPSA) is 84.8 Å². The number of rotatable bonds is 5. The standard InChI is InChI=1S/C17H16N4O2S/c1-13-6-5-9-15(21-13)10-20-24(22,23)16-11-18-17(19-12-16)14-7-3-2-4-8-14/h2-9,11-12,20H,10H2,1H3. The van der Waals surface area contributed by atoms with Crippen molar-refractivity contribution >= 4 is 10.0 Å². The number of benzene rings is 1. The lowest BCUT2D eigenvalue weighted by Gasteiger charge is -2.07. The van der Waals surface area contributed by atoms with Crippen LogP contribution in [0.1, 0.15) is 11.4 Å². The maximum Gasteiger partial charge on any atom is 0.243 e. The van der Waals surface area contributed by atoms with Gasteiger partial charge in [-0.25, -0.2) is 23.1 Å². The zero-order valence-electron chi connectivity index (χ0n) is 13.0. The highest BCUT2D eigenvalue weighted by Crippen LogP contribution is 2.15. The van der Waals surface area contributed by atoms with E-state index in [2.05, 4.69) is 19.7 Å². The summed E-state index contributed by atoms with van der Waals surface area (Å²) in [7, 11) is -3.69. The summed E-state index contributed by atoms with van der Waals surface area (Å²) in [6.45, 7) is 1.97. The molecule has 0 unspecified atom stereocenters. The average Bonchev–Trinajstić information content (AvgIpc) is 2.61. The summed E-state index contributed by atoms with van der Waals surface area (Å²) < 4.78 is 27.1. The summed E-state index contributed by atoms with van der Waals surface area (Å²) in [6.07, 6.45) is 2.61. The van der Waals surface area contributed by atoms with Gasteiger partial charge in [0.15, 0.2) is 5.82 Å². The van der Waals surface area contributed by atoms with Gasteiger partial charge in [0.05, 0.1) is 24.6 Å². The summed E-state index contributed by atoms with van der Waals surface area (Å²) >= 11 is 0. The lowest BCUT2D eigenvalue weighted by atomic mass is 10.2. The van der Waals surface area contributed by atoms with Crippen LogP contribution in [0.3, 0.4) is 0 Å². The van der Waals surface area contributed by atoms with Crippen molar-refractivity contribution in [3.05, 3.63) is 72.3 Å². The highest BCUT2D eigenvalue weighted by Gasteiger charge is 2.15. The first-order valence-corrected chi connectivity index (χ1v) is 8.82. The maximum atomic E-state index is 12.3. The van der Waals surface area contributed by atoms with Gasteiger partial charge in [0, 0.05) is 11.3 Å². The molecule has 0 saturated heterocycles. The quantitative estimate of drug-likeness (QED) is 0.770. The Morgan fingerprint density at radius 1 is 0.958 bits per heavy atom. The van der Waals surface area contributed by atoms with E-state index in [-0.39, 0.29) is 11.4 Å². The van der Waals surface area contributed by atoms with Crippen LogP contribution < -0.4 is 4.72 Å². The largest absolute Gasteiger partial charge is 0.257 e. The van der Waals surface area contributed by atoms with Gasteiger partial charge in [0.1, 0.15) is 4.90 Å². The molecule has 0 atom stereocenters. The number of nitrogens with zero attached hydrogens (tertiary/aromatic N) is 3. The fourth-order valence-electron chi connectivity index (χ4n) is 2.14. The second kappa shape index (κ2) is 6.86. The first-order chi connectivity index (χ1) is 11.5. The molecule has 1 N–H and O–H groups in total. The molecule has 3 aromatic rings. The van der Waals surface area contributed by atoms with Crippen LogP contribution in [0.15, 0.2) is 65.8 Å². The number of pyridine rings is 1. The Kier molecular flexibility index (Phi) is 4.64. The molecule has 6 nitrogen and oxygen atoms in total. The molecule has 0 aliphatic carbocycles. The predicted octanol–water partition coefficient (Wildman–Crippen LogP) is 2.33. The molecular formula is C17H16N4O2S. The van der Waals surface area contributed by atoms with Crippen LogP contribution in [-0.4, -0.2) is 23.4 Å². The summed E-state index contributed by atoms with van der Waals surface area (Å²) in [5.41, 5.74) is 2.32. The van der Waals surface area contributed by atoms with Gasteiger partial charge in [0.25, 0.3) is 0 Å². The zero-order chi connectivity index (χ0) is 17.0. The van der Waals surface area contributed by atoms with E-state index in [1.807, 2.05) is 49.4 Å². The van der Waals surface area contributed by atoms with Crippen LogP contribution >= 0.6 is 0 Å². The monoisotopic (exact) mass is 340 g/mol. The van der Waals surface area contributed by atoms with Gasteiger partial charge in [-0.1, -0.05) is 36.4 Å². The first kappa shape index (κ1) is 16.2. The van der Waals surface area contributed by atoms with E-state index >= 15 is 0 Å². The minimum atomic E-state index is -3.69. The molecule has 0 bridgehead atoms. The summed E-state index contributed by atoms with van der Waals surface area (Å²) in [5, 5.41) is 0. The summed E-state index contributed by atoms with van der Waals surface area (Å²) in [6, 6.07) is 14.8. The molecule has 0 aliphatic rings. The number of hydrogen-bond donors (Lipinski definition) is 1. The third kappa shape index (κ3) is 3.81. The fraction of sp³-hybridized carbons (Fsp3) is 0.118. The number of sulfonamides is 1. The third-order valence-electron chi connectivity index (χ3n) is 3.36. The molecule has 0 radical (unpaired) electrons. The van der Waals surface area contributed by atoms with E-state index < -0.39 is 10.0 Å². The Balaban J connectivity index is 1.75. The van der Waals surface area contributed by atoms with Gasteiger partial charge < -0.3 is 0 Å². The Labute approximate surface area is 140 Å². The normalized spacial score (nSPS) is 11.4. The van der Waals surface area contributed by atoms with Crippen molar-refractivity contribution in [3.63, 3.8) is 0 Å². The number of nitrogens with one attached hydrogen (secondary N) is 1. The van der Waals surface area contributed by atoms with Crippen molar-refractivity contribution in [2.75, 3.05) is 0 Å². The van der Waals surface area contributed by atoms with Crippen molar-refractivity contribution in [1.82, 2.24) is 19.7 Å². The predicted molar refractivity (Wildman–Crippen MR) is 90.5 cm³/mol. The van der Waals surface area contributed by atoms with Crippen molar-refractivity contribution in [3.8, 4) is 11.4 Å². The number of aromatic nitrogens is 3. The van der Waals surface area contributed by atoms with Crippen LogP contribution in [0, 0.1) is 6.92 Å². The van der Waals surface area contributed by atoms with Crippen molar-refractivity contribution < 1.29 is 8.42 Å². The van der Waals surface area contributed by atoms with E-state index in [1.165, 1.54) is 12.4 Å². The van der Waals surface area contributed by atoms with Crippen LogP contribution in [0.5, 0.6) is 0 Å². The van der Waals surface area contributed by atoms with Crippen LogP contribution in [0.25, 0.3) is 11.4 Å². The molecule has 0 aliphatic heterocycles. The second-order valence-corrected chi connectivity index (χ2v) is 6.97. The van der Waals surface area contributed by atoms with Crippen molar-refractivity contribution in [2.24, 2.45) is 0 Å². The minimum Gasteiger partial charge on any atom is -0.257 e. The van der Waals surface area contributed by atoms with E-state index in [9.17, 15) is 8.42 Å². The van der Waals surface area contributed by atoms with Gasteiger partial charge in [-0.3, -0.25) is 4.98 Å². The summed E-state index contributed by atoms with van der Waals surface area (Å²) in [5.74, 6) is 0.481. The van der Waals surface area contributed by atoms with Crippen LogP contribution in [0.2, 0.25) is 0 Å². The molecule has 24 heavy (non-hydrogen) atoms. The van der Waals surface area contributed by atoms with E-state index in [1.54, 1.807) is 6.07 Å². The molecule has 2 heterocycles. The molecule has 7 heteroatoms. The van der Waals surface area contributed by atoms with Gasteiger partial charge in [-0.05, 0) is 19.1 Å². The Morgan fingerprint density at radius 3 is 2.33 bits per heavy atom. The molecule has 1 aromatic carbocycles. The second-order valence-electron chi connectivity index (χ2n) is 5.20. The highest BCUT2D eigenvalue weighted by atomic mass is 32.2. The fourth-order valence-corrected chi connectivity index (χ4v) is 3.03. The first-order valence-electron chi connectivity index (χ1n) is 7.34. The van der Waals surface area contributed by atoms with Crippen molar-refractivity contribution in [2.45, 2.75) is 18.4 Å². The third-order valence-corrected chi connectivity index (χ3v) is 4.72. The zero-order valence-corrected chi connectivity index (χ0v) is 13.9. The highest BCUT2D eigenvalue weighted by molar-refractivity contribution is 7.89. The van der Waals surface area contributed by atoms with Gasteiger partial charge in [0.2, 0.25) is 10.0 Å². The Morgan fingerprint density at radius 2 is 1.67 bits per heavy atom. The molecule has 0 amide bonds. The van der Waals surface area contributed by atoms with Gasteiger partial charge in [-0.15, -0.1) is 0 Å². The molecule has 0 spiro atoms. The molecular weight excluding hydrogens is 324 g/mol. The molecule has 0 fully saturated rings. The lowest BCUT2D eigenvalue weighted by molar-refractivity contribution is 0.579. The van der Waals surface area contributed by atoms with E-state index in [4.69, 9.17) is 0 Å². The van der Waals surface area contributed by atoms with Gasteiger partial charge >= 0.3 is 0 Å². The van der Waals surface area contributed by atoms with Crippen LogP contribution in [-0.2, 0) is 16.6 Å². The van der Waals surface area contributed by atoms with E-state index in [0.717, 1.165) is 11.3 Å². The SMILES string of the molecule is Cc1cccc(CNS(=O)(=O)c2cnc(-c3ccccc3)nc2)n1. The molecule has 122 valence electrons. The Bertz CT molecular complexity index is 926. The van der Waals surface area contributed by atoms with Crippen molar-refractivity contribution in [1.29, 1.82) is 0 Å². The maximum absolute atomic E-state index is 12.3. The number of aryl methyl sites for hydroxylation is 1. The Hall–Kier alpha value is -2.64. The average molecular weight is 340 g/mol. The summed E-state index contributed by atoms with van der Waals surface area (Å²) in [4.78, 5) is 12.6. The van der Waals surface area contributed by atoms with Crippen LogP contribution in [0.4, 0.5) is 0 Å². The number of hydrogen-bond acceptors (Lipinski definition) is 5. The van der Waals surface area contributed by atoms with Gasteiger partial charge in [-0.2, -0.15) is 0 Å². The smallest absolute Gasteiger partial charge is 0.243 e. The molecule has 0 saturated carbocycles. The van der Waals surface area contributed by atoms with E-state index in [0.29, 0.717) is 11.5 Å². The molecule has 2 aromatic heterocycles. The lowest BCUT2D eigenvalue weighted by Crippen LogP contribution is -2.24. The molecule has 3 rings (SSSR count). The minimum absolute atomic E-state index is 0.0230.